The molecule has 1 rings (SSSR count). The third-order valence-corrected chi connectivity index (χ3v) is 1.47. The molecule has 1 unspecified atom stereocenters. The van der Waals surface area contributed by atoms with E-state index in [0.29, 0.717) is 18.2 Å². The van der Waals surface area contributed by atoms with E-state index < -0.39 is 11.9 Å². The van der Waals surface area contributed by atoms with Gasteiger partial charge in [-0.1, -0.05) is 0 Å². The van der Waals surface area contributed by atoms with E-state index in [0.717, 1.165) is 19.5 Å². The van der Waals surface area contributed by atoms with Crippen LogP contribution in [0.2, 0.25) is 0 Å². The van der Waals surface area contributed by atoms with Crippen molar-refractivity contribution in [2.45, 2.75) is 12.5 Å². The Labute approximate surface area is 81.4 Å². The standard InChI is InChI=1S/C4H10N2.C4H4O4/c5-4-1-2-6-3-4;5-3(6)1-2-4(7)8/h4,6H,1-3,5H2;1-2H,(H,5,6)(H,7,8). The molecule has 0 spiro atoms. The fraction of sp³-hybridized carbons (Fsp3) is 0.500. The maximum Gasteiger partial charge on any atom is 0.328 e. The monoisotopic (exact) mass is 202 g/mol. The van der Waals surface area contributed by atoms with Crippen LogP contribution in [0.25, 0.3) is 0 Å². The second-order valence-corrected chi connectivity index (χ2v) is 2.76. The molecular formula is C8H14N2O4. The Kier molecular flexibility index (Phi) is 6.34. The summed E-state index contributed by atoms with van der Waals surface area (Å²) in [5, 5.41) is 18.8. The molecule has 0 aliphatic carbocycles. The van der Waals surface area contributed by atoms with Gasteiger partial charge >= 0.3 is 11.9 Å². The van der Waals surface area contributed by atoms with Crippen molar-refractivity contribution in [3.63, 3.8) is 0 Å². The quantitative estimate of drug-likeness (QED) is 0.428. The van der Waals surface area contributed by atoms with Crippen molar-refractivity contribution >= 4 is 11.9 Å². The molecule has 1 heterocycles. The van der Waals surface area contributed by atoms with Gasteiger partial charge in [0.2, 0.25) is 0 Å². The minimum absolute atomic E-state index is 0.435. The molecule has 1 atom stereocenters. The molecule has 0 bridgehead atoms. The minimum Gasteiger partial charge on any atom is -0.478 e. The molecule has 80 valence electrons. The van der Waals surface area contributed by atoms with E-state index in [1.807, 2.05) is 0 Å². The topological polar surface area (TPSA) is 113 Å². The number of aliphatic carboxylic acids is 2. The minimum atomic E-state index is -1.26. The Morgan fingerprint density at radius 1 is 1.29 bits per heavy atom. The predicted molar refractivity (Wildman–Crippen MR) is 49.9 cm³/mol. The average molecular weight is 202 g/mol. The summed E-state index contributed by atoms with van der Waals surface area (Å²) >= 11 is 0. The van der Waals surface area contributed by atoms with Crippen LogP contribution >= 0.6 is 0 Å². The molecule has 6 heteroatoms. The molecule has 5 N–H and O–H groups in total. The number of carbonyl (C=O) groups is 2. The molecule has 0 saturated carbocycles. The average Bonchev–Trinajstić information content (AvgIpc) is 2.53. The lowest BCUT2D eigenvalue weighted by atomic mass is 10.3. The Morgan fingerprint density at radius 3 is 1.93 bits per heavy atom. The lowest BCUT2D eigenvalue weighted by Gasteiger charge is -1.91. The van der Waals surface area contributed by atoms with Gasteiger partial charge in [-0.2, -0.15) is 0 Å². The van der Waals surface area contributed by atoms with E-state index in [4.69, 9.17) is 15.9 Å². The largest absolute Gasteiger partial charge is 0.478 e. The fourth-order valence-electron chi connectivity index (χ4n) is 0.820. The van der Waals surface area contributed by atoms with E-state index in [-0.39, 0.29) is 0 Å². The molecule has 1 aliphatic heterocycles. The van der Waals surface area contributed by atoms with Crippen molar-refractivity contribution < 1.29 is 19.8 Å². The molecule has 0 aromatic rings. The van der Waals surface area contributed by atoms with Crippen LogP contribution in [-0.4, -0.2) is 41.3 Å². The highest BCUT2D eigenvalue weighted by Crippen LogP contribution is 1.90. The number of nitrogens with one attached hydrogen (secondary N) is 1. The predicted octanol–water partition coefficient (Wildman–Crippen LogP) is -0.981. The van der Waals surface area contributed by atoms with E-state index >= 15 is 0 Å². The van der Waals surface area contributed by atoms with Gasteiger partial charge in [-0.15, -0.1) is 0 Å². The zero-order chi connectivity index (χ0) is 11.0. The van der Waals surface area contributed by atoms with Crippen LogP contribution in [0.4, 0.5) is 0 Å². The number of hydrogen-bond donors (Lipinski definition) is 4. The molecule has 0 amide bonds. The first-order chi connectivity index (χ1) is 6.52. The van der Waals surface area contributed by atoms with Crippen molar-refractivity contribution in [2.75, 3.05) is 13.1 Å². The smallest absolute Gasteiger partial charge is 0.328 e. The van der Waals surface area contributed by atoms with Crippen molar-refractivity contribution in [1.82, 2.24) is 5.32 Å². The molecular weight excluding hydrogens is 188 g/mol. The lowest BCUT2D eigenvalue weighted by Crippen LogP contribution is -2.21. The van der Waals surface area contributed by atoms with Crippen molar-refractivity contribution in [3.8, 4) is 0 Å². The normalized spacial score (nSPS) is 20.2. The van der Waals surface area contributed by atoms with E-state index in [9.17, 15) is 9.59 Å². The molecule has 6 nitrogen and oxygen atoms in total. The molecule has 0 aromatic carbocycles. The maximum absolute atomic E-state index is 9.55. The van der Waals surface area contributed by atoms with Crippen molar-refractivity contribution in [3.05, 3.63) is 12.2 Å². The first-order valence-corrected chi connectivity index (χ1v) is 4.12. The molecule has 0 radical (unpaired) electrons. The number of nitrogens with two attached hydrogens (primary N) is 1. The third-order valence-electron chi connectivity index (χ3n) is 1.47. The zero-order valence-electron chi connectivity index (χ0n) is 7.64. The number of rotatable bonds is 2. The lowest BCUT2D eigenvalue weighted by molar-refractivity contribution is -0.134. The Balaban J connectivity index is 0.000000249. The highest BCUT2D eigenvalue weighted by molar-refractivity contribution is 5.89. The Bertz CT molecular complexity index is 205. The summed E-state index contributed by atoms with van der Waals surface area (Å²) < 4.78 is 0. The summed E-state index contributed by atoms with van der Waals surface area (Å²) in [4.78, 5) is 19.1. The van der Waals surface area contributed by atoms with Crippen LogP contribution in [0, 0.1) is 0 Å². The maximum atomic E-state index is 9.55. The molecule has 1 saturated heterocycles. The highest BCUT2D eigenvalue weighted by Gasteiger charge is 2.06. The fourth-order valence-corrected chi connectivity index (χ4v) is 0.820. The van der Waals surface area contributed by atoms with Gasteiger partial charge in [0, 0.05) is 24.7 Å². The van der Waals surface area contributed by atoms with Gasteiger partial charge in [0.15, 0.2) is 0 Å². The first-order valence-electron chi connectivity index (χ1n) is 4.12. The van der Waals surface area contributed by atoms with Gasteiger partial charge in [-0.25, -0.2) is 9.59 Å². The van der Waals surface area contributed by atoms with Gasteiger partial charge in [0.25, 0.3) is 0 Å². The van der Waals surface area contributed by atoms with Crippen LogP contribution in [0.15, 0.2) is 12.2 Å². The van der Waals surface area contributed by atoms with Crippen molar-refractivity contribution in [2.24, 2.45) is 5.73 Å². The van der Waals surface area contributed by atoms with Crippen LogP contribution in [0.5, 0.6) is 0 Å². The van der Waals surface area contributed by atoms with Gasteiger partial charge in [0.05, 0.1) is 0 Å². The SMILES string of the molecule is NC1CCNC1.O=C(O)C=CC(=O)O. The van der Waals surface area contributed by atoms with Gasteiger partial charge in [0.1, 0.15) is 0 Å². The van der Waals surface area contributed by atoms with Gasteiger partial charge in [-0.3, -0.25) is 0 Å². The number of hydrogen-bond acceptors (Lipinski definition) is 4. The summed E-state index contributed by atoms with van der Waals surface area (Å²) in [5.74, 6) is -2.51. The Hall–Kier alpha value is -1.40. The summed E-state index contributed by atoms with van der Waals surface area (Å²) in [6.45, 7) is 2.13. The van der Waals surface area contributed by atoms with Crippen LogP contribution in [0.3, 0.4) is 0 Å². The molecule has 14 heavy (non-hydrogen) atoms. The second kappa shape index (κ2) is 7.05. The van der Waals surface area contributed by atoms with Crippen molar-refractivity contribution in [1.29, 1.82) is 0 Å². The summed E-state index contributed by atoms with van der Waals surface area (Å²) in [7, 11) is 0. The molecule has 0 aromatic heterocycles. The summed E-state index contributed by atoms with van der Waals surface area (Å²) in [6, 6.07) is 0.435. The zero-order valence-corrected chi connectivity index (χ0v) is 7.64. The van der Waals surface area contributed by atoms with Crippen LogP contribution in [0.1, 0.15) is 6.42 Å². The molecule has 1 aliphatic rings. The first kappa shape index (κ1) is 12.6. The summed E-state index contributed by atoms with van der Waals surface area (Å²) in [6.07, 6.45) is 2.27. The number of carboxylic acids is 2. The molecule has 1 fully saturated rings. The van der Waals surface area contributed by atoms with Crippen LogP contribution in [-0.2, 0) is 9.59 Å². The van der Waals surface area contributed by atoms with E-state index in [1.54, 1.807) is 0 Å². The van der Waals surface area contributed by atoms with Gasteiger partial charge < -0.3 is 21.3 Å². The summed E-state index contributed by atoms with van der Waals surface area (Å²) in [5.41, 5.74) is 5.47. The Morgan fingerprint density at radius 2 is 1.79 bits per heavy atom. The van der Waals surface area contributed by atoms with Gasteiger partial charge in [-0.05, 0) is 13.0 Å². The number of carboxylic acid groups (broad SMARTS) is 2. The van der Waals surface area contributed by atoms with Crippen LogP contribution < -0.4 is 11.1 Å². The highest BCUT2D eigenvalue weighted by atomic mass is 16.4. The third kappa shape index (κ3) is 8.69. The van der Waals surface area contributed by atoms with E-state index in [1.165, 1.54) is 0 Å². The van der Waals surface area contributed by atoms with E-state index in [2.05, 4.69) is 5.32 Å². The second-order valence-electron chi connectivity index (χ2n) is 2.76.